The Labute approximate surface area is 186 Å². The van der Waals surface area contributed by atoms with Crippen LogP contribution in [-0.4, -0.2) is 37.7 Å². The Morgan fingerprint density at radius 3 is 2.35 bits per heavy atom. The molecule has 0 fully saturated rings. The highest BCUT2D eigenvalue weighted by Crippen LogP contribution is 2.34. The van der Waals surface area contributed by atoms with Gasteiger partial charge in [-0.15, -0.1) is 22.7 Å². The van der Waals surface area contributed by atoms with Crippen molar-refractivity contribution < 1.29 is 27.5 Å². The SMILES string of the molecule is CCOC(=O)c1cc(CN2C(=O)c3ccccc3C2=O)sc1NS(=O)(=O)c1cccs1. The van der Waals surface area contributed by atoms with Crippen molar-refractivity contribution in [2.45, 2.75) is 17.7 Å². The van der Waals surface area contributed by atoms with Crippen molar-refractivity contribution in [3.05, 3.63) is 69.4 Å². The number of thiophene rings is 2. The summed E-state index contributed by atoms with van der Waals surface area (Å²) in [6.45, 7) is 1.66. The zero-order chi connectivity index (χ0) is 22.2. The molecule has 0 saturated heterocycles. The van der Waals surface area contributed by atoms with E-state index in [0.29, 0.717) is 16.0 Å². The van der Waals surface area contributed by atoms with E-state index in [0.717, 1.165) is 27.6 Å². The van der Waals surface area contributed by atoms with Crippen molar-refractivity contribution in [2.75, 3.05) is 11.3 Å². The summed E-state index contributed by atoms with van der Waals surface area (Å²) < 4.78 is 32.8. The average Bonchev–Trinajstić information content (AvgIpc) is 3.46. The summed E-state index contributed by atoms with van der Waals surface area (Å²) in [5.41, 5.74) is 0.653. The van der Waals surface area contributed by atoms with Gasteiger partial charge >= 0.3 is 5.97 Å². The zero-order valence-electron chi connectivity index (χ0n) is 16.2. The molecule has 0 spiro atoms. The predicted molar refractivity (Wildman–Crippen MR) is 116 cm³/mol. The fourth-order valence-electron chi connectivity index (χ4n) is 3.08. The third-order valence-corrected chi connectivity index (χ3v) is 8.37. The Morgan fingerprint density at radius 2 is 1.77 bits per heavy atom. The van der Waals surface area contributed by atoms with Gasteiger partial charge in [0, 0.05) is 4.88 Å². The lowest BCUT2D eigenvalue weighted by Gasteiger charge is -2.12. The van der Waals surface area contributed by atoms with Gasteiger partial charge in [0.1, 0.15) is 9.21 Å². The molecule has 0 unspecified atom stereocenters. The standard InChI is InChI=1S/C20H16N2O6S3/c1-2-28-20(25)15-10-12(30-17(15)21-31(26,27)16-8-5-9-29-16)11-22-18(23)13-6-3-4-7-14(13)19(22)24/h3-10,21H,2,11H2,1H3. The summed E-state index contributed by atoms with van der Waals surface area (Å²) >= 11 is 2.02. The number of nitrogens with one attached hydrogen (secondary N) is 1. The first-order valence-corrected chi connectivity index (χ1v) is 12.3. The molecule has 0 radical (unpaired) electrons. The van der Waals surface area contributed by atoms with Gasteiger partial charge in [0.15, 0.2) is 0 Å². The Bertz CT molecular complexity index is 1240. The molecule has 1 aliphatic heterocycles. The maximum absolute atomic E-state index is 12.6. The number of hydrogen-bond acceptors (Lipinski definition) is 8. The number of nitrogens with zero attached hydrogens (tertiary/aromatic N) is 1. The van der Waals surface area contributed by atoms with E-state index >= 15 is 0 Å². The lowest BCUT2D eigenvalue weighted by atomic mass is 10.1. The highest BCUT2D eigenvalue weighted by atomic mass is 32.2. The van der Waals surface area contributed by atoms with Crippen LogP contribution in [0.2, 0.25) is 0 Å². The number of amides is 2. The monoisotopic (exact) mass is 476 g/mol. The summed E-state index contributed by atoms with van der Waals surface area (Å²) in [6, 6.07) is 11.0. The highest BCUT2D eigenvalue weighted by Gasteiger charge is 2.36. The Kier molecular flexibility index (Phi) is 5.65. The number of fused-ring (bicyclic) bond motifs is 1. The smallest absolute Gasteiger partial charge is 0.341 e. The third-order valence-electron chi connectivity index (χ3n) is 4.46. The van der Waals surface area contributed by atoms with Gasteiger partial charge in [-0.2, -0.15) is 0 Å². The zero-order valence-corrected chi connectivity index (χ0v) is 18.6. The van der Waals surface area contributed by atoms with Crippen LogP contribution in [0.25, 0.3) is 0 Å². The molecule has 3 heterocycles. The van der Waals surface area contributed by atoms with Crippen LogP contribution >= 0.6 is 22.7 Å². The number of sulfonamides is 1. The van der Waals surface area contributed by atoms with Crippen LogP contribution in [0.15, 0.2) is 52.1 Å². The minimum absolute atomic E-state index is 0.0265. The van der Waals surface area contributed by atoms with Gasteiger partial charge in [0.25, 0.3) is 21.8 Å². The number of benzene rings is 1. The molecule has 2 amide bonds. The number of imide groups is 1. The first-order valence-electron chi connectivity index (χ1n) is 9.13. The van der Waals surface area contributed by atoms with Crippen LogP contribution in [-0.2, 0) is 21.3 Å². The fourth-order valence-corrected chi connectivity index (χ4v) is 6.42. The fraction of sp³-hybridized carbons (Fsp3) is 0.150. The normalized spacial score (nSPS) is 13.4. The average molecular weight is 477 g/mol. The number of carbonyl (C=O) groups is 3. The van der Waals surface area contributed by atoms with Crippen molar-refractivity contribution >= 4 is 55.5 Å². The predicted octanol–water partition coefficient (Wildman–Crippen LogP) is 3.58. The summed E-state index contributed by atoms with van der Waals surface area (Å²) in [4.78, 5) is 39.2. The van der Waals surface area contributed by atoms with Crippen LogP contribution in [0.4, 0.5) is 5.00 Å². The second-order valence-corrected chi connectivity index (χ2v) is 10.4. The molecular weight excluding hydrogens is 460 g/mol. The Balaban J connectivity index is 1.65. The topological polar surface area (TPSA) is 110 Å². The van der Waals surface area contributed by atoms with Crippen molar-refractivity contribution in [2.24, 2.45) is 0 Å². The second kappa shape index (κ2) is 8.25. The molecule has 8 nitrogen and oxygen atoms in total. The maximum atomic E-state index is 12.6. The van der Waals surface area contributed by atoms with E-state index in [9.17, 15) is 22.8 Å². The molecule has 2 aromatic heterocycles. The third kappa shape index (κ3) is 3.99. The van der Waals surface area contributed by atoms with E-state index in [1.54, 1.807) is 42.6 Å². The van der Waals surface area contributed by atoms with Crippen molar-refractivity contribution in [1.29, 1.82) is 0 Å². The van der Waals surface area contributed by atoms with Gasteiger partial charge < -0.3 is 4.74 Å². The summed E-state index contributed by atoms with van der Waals surface area (Å²) in [7, 11) is -3.90. The summed E-state index contributed by atoms with van der Waals surface area (Å²) in [5.74, 6) is -1.57. The van der Waals surface area contributed by atoms with E-state index in [1.807, 2.05) is 0 Å². The van der Waals surface area contributed by atoms with Crippen molar-refractivity contribution in [1.82, 2.24) is 4.90 Å². The van der Waals surface area contributed by atoms with Crippen LogP contribution in [0, 0.1) is 0 Å². The number of carbonyl (C=O) groups excluding carboxylic acids is 3. The Hall–Kier alpha value is -3.02. The number of hydrogen-bond donors (Lipinski definition) is 1. The molecule has 3 aromatic rings. The van der Waals surface area contributed by atoms with E-state index in [4.69, 9.17) is 4.74 Å². The molecule has 160 valence electrons. The molecule has 1 aliphatic rings. The number of anilines is 1. The molecule has 1 aromatic carbocycles. The molecule has 0 saturated carbocycles. The van der Waals surface area contributed by atoms with Crippen molar-refractivity contribution in [3.63, 3.8) is 0 Å². The van der Waals surface area contributed by atoms with Gasteiger partial charge in [0.2, 0.25) is 0 Å². The van der Waals surface area contributed by atoms with Gasteiger partial charge in [-0.25, -0.2) is 13.2 Å². The molecule has 0 bridgehead atoms. The van der Waals surface area contributed by atoms with E-state index in [1.165, 1.54) is 12.1 Å². The lowest BCUT2D eigenvalue weighted by molar-refractivity contribution is 0.0527. The minimum Gasteiger partial charge on any atom is -0.462 e. The summed E-state index contributed by atoms with van der Waals surface area (Å²) in [6.07, 6.45) is 0. The van der Waals surface area contributed by atoms with Gasteiger partial charge in [-0.1, -0.05) is 18.2 Å². The maximum Gasteiger partial charge on any atom is 0.341 e. The molecule has 31 heavy (non-hydrogen) atoms. The van der Waals surface area contributed by atoms with Crippen LogP contribution in [0.3, 0.4) is 0 Å². The number of ether oxygens (including phenoxy) is 1. The molecule has 1 N–H and O–H groups in total. The quantitative estimate of drug-likeness (QED) is 0.412. The molecule has 0 atom stereocenters. The largest absolute Gasteiger partial charge is 0.462 e. The first kappa shape index (κ1) is 21.2. The van der Waals surface area contributed by atoms with Gasteiger partial charge in [-0.3, -0.25) is 19.2 Å². The summed E-state index contributed by atoms with van der Waals surface area (Å²) in [5, 5.41) is 1.70. The molecule has 4 rings (SSSR count). The van der Waals surface area contributed by atoms with Gasteiger partial charge in [0.05, 0.1) is 29.8 Å². The number of esters is 1. The Morgan fingerprint density at radius 1 is 1.10 bits per heavy atom. The molecule has 11 heteroatoms. The van der Waals surface area contributed by atoms with E-state index in [-0.39, 0.29) is 27.9 Å². The van der Waals surface area contributed by atoms with Crippen LogP contribution in [0.5, 0.6) is 0 Å². The van der Waals surface area contributed by atoms with Crippen LogP contribution in [0.1, 0.15) is 42.9 Å². The number of rotatable bonds is 7. The minimum atomic E-state index is -3.90. The lowest BCUT2D eigenvalue weighted by Crippen LogP contribution is -2.28. The molecule has 0 aliphatic carbocycles. The van der Waals surface area contributed by atoms with E-state index < -0.39 is 27.8 Å². The second-order valence-electron chi connectivity index (χ2n) is 6.46. The highest BCUT2D eigenvalue weighted by molar-refractivity contribution is 7.94. The first-order chi connectivity index (χ1) is 14.8. The van der Waals surface area contributed by atoms with Crippen LogP contribution < -0.4 is 4.72 Å². The van der Waals surface area contributed by atoms with E-state index in [2.05, 4.69) is 4.72 Å². The van der Waals surface area contributed by atoms with Crippen molar-refractivity contribution in [3.8, 4) is 0 Å². The van der Waals surface area contributed by atoms with Gasteiger partial charge in [-0.05, 0) is 36.6 Å². The molecular formula is C20H16N2O6S3.